The molecule has 0 saturated heterocycles. The zero-order valence-electron chi connectivity index (χ0n) is 12.7. The summed E-state index contributed by atoms with van der Waals surface area (Å²) in [5.74, 6) is -0.584. The number of methoxy groups -OCH3 is 1. The lowest BCUT2D eigenvalue weighted by molar-refractivity contribution is 0.0606. The van der Waals surface area contributed by atoms with Gasteiger partial charge in [0.25, 0.3) is 5.91 Å². The van der Waals surface area contributed by atoms with Gasteiger partial charge in [0.1, 0.15) is 4.88 Å². The number of carbonyl (C=O) groups is 2. The predicted octanol–water partition coefficient (Wildman–Crippen LogP) is 3.81. The van der Waals surface area contributed by atoms with Gasteiger partial charge in [0, 0.05) is 0 Å². The number of amides is 1. The molecular weight excluding hydrogens is 298 g/mol. The van der Waals surface area contributed by atoms with Crippen LogP contribution in [0.1, 0.15) is 50.7 Å². The van der Waals surface area contributed by atoms with Crippen molar-refractivity contribution in [2.45, 2.75) is 25.8 Å². The number of thiophene rings is 1. The van der Waals surface area contributed by atoms with Crippen LogP contribution >= 0.6 is 11.3 Å². The number of benzene rings is 1. The zero-order chi connectivity index (χ0) is 15.9. The smallest absolute Gasteiger partial charge is 0.348 e. The van der Waals surface area contributed by atoms with E-state index in [-0.39, 0.29) is 11.9 Å². The highest BCUT2D eigenvalue weighted by atomic mass is 32.1. The van der Waals surface area contributed by atoms with Crippen LogP contribution in [0.3, 0.4) is 0 Å². The molecular formula is C17H19NO3S. The van der Waals surface area contributed by atoms with Crippen LogP contribution in [0.15, 0.2) is 42.5 Å². The highest BCUT2D eigenvalue weighted by Crippen LogP contribution is 2.21. The van der Waals surface area contributed by atoms with Gasteiger partial charge >= 0.3 is 5.97 Å². The van der Waals surface area contributed by atoms with E-state index in [0.717, 1.165) is 29.7 Å². The summed E-state index contributed by atoms with van der Waals surface area (Å²) in [7, 11) is 1.33. The van der Waals surface area contributed by atoms with E-state index < -0.39 is 5.97 Å². The summed E-state index contributed by atoms with van der Waals surface area (Å²) in [5, 5.41) is 3.04. The molecule has 2 rings (SSSR count). The highest BCUT2D eigenvalue weighted by molar-refractivity contribution is 7.15. The van der Waals surface area contributed by atoms with Gasteiger partial charge in [-0.2, -0.15) is 0 Å². The average Bonchev–Trinajstić information content (AvgIpc) is 3.04. The van der Waals surface area contributed by atoms with Crippen LogP contribution in [0.4, 0.5) is 0 Å². The Hall–Kier alpha value is -2.14. The molecule has 1 N–H and O–H groups in total. The first-order valence-electron chi connectivity index (χ1n) is 7.19. The Morgan fingerprint density at radius 3 is 2.45 bits per heavy atom. The molecule has 0 radical (unpaired) electrons. The minimum atomic E-state index is -0.419. The van der Waals surface area contributed by atoms with Crippen LogP contribution in [-0.4, -0.2) is 19.0 Å². The lowest BCUT2D eigenvalue weighted by Gasteiger charge is -2.18. The van der Waals surface area contributed by atoms with Crippen molar-refractivity contribution in [1.82, 2.24) is 5.32 Å². The maximum Gasteiger partial charge on any atom is 0.348 e. The molecule has 22 heavy (non-hydrogen) atoms. The van der Waals surface area contributed by atoms with Gasteiger partial charge in [-0.3, -0.25) is 4.79 Å². The molecule has 1 amide bonds. The minimum Gasteiger partial charge on any atom is -0.465 e. The SMILES string of the molecule is CCCC(NC(=O)c1ccc(C(=O)OC)s1)c1ccccc1. The van der Waals surface area contributed by atoms with Crippen molar-refractivity contribution in [3.05, 3.63) is 57.8 Å². The van der Waals surface area contributed by atoms with Gasteiger partial charge in [-0.25, -0.2) is 4.79 Å². The minimum absolute atomic E-state index is 0.0256. The van der Waals surface area contributed by atoms with Crippen LogP contribution in [0, 0.1) is 0 Å². The summed E-state index contributed by atoms with van der Waals surface area (Å²) in [4.78, 5) is 24.8. The van der Waals surface area contributed by atoms with Gasteiger partial charge in [0.05, 0.1) is 18.0 Å². The number of ether oxygens (including phenoxy) is 1. The second-order valence-corrected chi connectivity index (χ2v) is 5.96. The molecule has 0 saturated carbocycles. The largest absolute Gasteiger partial charge is 0.465 e. The Morgan fingerprint density at radius 1 is 1.14 bits per heavy atom. The quantitative estimate of drug-likeness (QED) is 0.824. The Morgan fingerprint density at radius 2 is 1.82 bits per heavy atom. The van der Waals surface area contributed by atoms with Crippen molar-refractivity contribution in [1.29, 1.82) is 0 Å². The Kier molecular flexibility index (Phi) is 5.72. The fraction of sp³-hybridized carbons (Fsp3) is 0.294. The normalized spacial score (nSPS) is 11.7. The first kappa shape index (κ1) is 16.2. The van der Waals surface area contributed by atoms with Gasteiger partial charge in [-0.05, 0) is 24.1 Å². The monoisotopic (exact) mass is 317 g/mol. The number of carbonyl (C=O) groups excluding carboxylic acids is 2. The number of hydrogen-bond donors (Lipinski definition) is 1. The molecule has 1 aromatic carbocycles. The fourth-order valence-electron chi connectivity index (χ4n) is 2.20. The maximum atomic E-state index is 12.4. The van der Waals surface area contributed by atoms with Crippen molar-refractivity contribution < 1.29 is 14.3 Å². The number of nitrogens with one attached hydrogen (secondary N) is 1. The van der Waals surface area contributed by atoms with Gasteiger partial charge in [-0.15, -0.1) is 11.3 Å². The van der Waals surface area contributed by atoms with Crippen LogP contribution in [0.2, 0.25) is 0 Å². The highest BCUT2D eigenvalue weighted by Gasteiger charge is 2.18. The molecule has 0 aliphatic carbocycles. The number of rotatable bonds is 6. The van der Waals surface area contributed by atoms with E-state index >= 15 is 0 Å². The van der Waals surface area contributed by atoms with E-state index in [1.807, 2.05) is 30.3 Å². The van der Waals surface area contributed by atoms with Crippen molar-refractivity contribution in [2.24, 2.45) is 0 Å². The second-order valence-electron chi connectivity index (χ2n) is 4.88. The predicted molar refractivity (Wildman–Crippen MR) is 87.2 cm³/mol. The first-order chi connectivity index (χ1) is 10.7. The molecule has 1 unspecified atom stereocenters. The van der Waals surface area contributed by atoms with Crippen LogP contribution in [0.25, 0.3) is 0 Å². The average molecular weight is 317 g/mol. The Balaban J connectivity index is 2.11. The van der Waals surface area contributed by atoms with Crippen molar-refractivity contribution in [3.8, 4) is 0 Å². The molecule has 0 fully saturated rings. The molecule has 0 aliphatic heterocycles. The van der Waals surface area contributed by atoms with Crippen LogP contribution in [-0.2, 0) is 4.74 Å². The summed E-state index contributed by atoms with van der Waals surface area (Å²) in [5.41, 5.74) is 1.09. The summed E-state index contributed by atoms with van der Waals surface area (Å²) in [6, 6.07) is 13.1. The third-order valence-electron chi connectivity index (χ3n) is 3.30. The standard InChI is InChI=1S/C17H19NO3S/c1-3-7-13(12-8-5-4-6-9-12)18-16(19)14-10-11-15(22-14)17(20)21-2/h4-6,8-11,13H,3,7H2,1-2H3,(H,18,19). The summed E-state index contributed by atoms with van der Waals surface area (Å²) in [6.45, 7) is 2.09. The van der Waals surface area contributed by atoms with E-state index in [1.54, 1.807) is 12.1 Å². The van der Waals surface area contributed by atoms with Gasteiger partial charge in [-0.1, -0.05) is 43.7 Å². The van der Waals surface area contributed by atoms with E-state index in [0.29, 0.717) is 9.75 Å². The van der Waals surface area contributed by atoms with Crippen molar-refractivity contribution >= 4 is 23.2 Å². The first-order valence-corrected chi connectivity index (χ1v) is 8.01. The lowest BCUT2D eigenvalue weighted by atomic mass is 10.0. The fourth-order valence-corrected chi connectivity index (χ4v) is 3.02. The van der Waals surface area contributed by atoms with E-state index in [2.05, 4.69) is 17.0 Å². The molecule has 1 aromatic heterocycles. The third kappa shape index (κ3) is 3.95. The molecule has 1 heterocycles. The molecule has 4 nitrogen and oxygen atoms in total. The van der Waals surface area contributed by atoms with Crippen LogP contribution < -0.4 is 5.32 Å². The zero-order valence-corrected chi connectivity index (χ0v) is 13.5. The molecule has 1 atom stereocenters. The topological polar surface area (TPSA) is 55.4 Å². The van der Waals surface area contributed by atoms with Crippen molar-refractivity contribution in [2.75, 3.05) is 7.11 Å². The van der Waals surface area contributed by atoms with E-state index in [4.69, 9.17) is 0 Å². The lowest BCUT2D eigenvalue weighted by Crippen LogP contribution is -2.27. The molecule has 5 heteroatoms. The third-order valence-corrected chi connectivity index (χ3v) is 4.37. The molecule has 0 spiro atoms. The van der Waals surface area contributed by atoms with Crippen molar-refractivity contribution in [3.63, 3.8) is 0 Å². The van der Waals surface area contributed by atoms with Gasteiger partial charge < -0.3 is 10.1 Å². The molecule has 0 bridgehead atoms. The van der Waals surface area contributed by atoms with E-state index in [9.17, 15) is 9.59 Å². The molecule has 0 aliphatic rings. The summed E-state index contributed by atoms with van der Waals surface area (Å²) >= 11 is 1.14. The Bertz CT molecular complexity index is 636. The molecule has 116 valence electrons. The Labute approximate surface area is 134 Å². The van der Waals surface area contributed by atoms with E-state index in [1.165, 1.54) is 7.11 Å². The molecule has 2 aromatic rings. The number of esters is 1. The number of hydrogen-bond acceptors (Lipinski definition) is 4. The summed E-state index contributed by atoms with van der Waals surface area (Å²) < 4.78 is 4.66. The van der Waals surface area contributed by atoms with Gasteiger partial charge in [0.2, 0.25) is 0 Å². The van der Waals surface area contributed by atoms with Gasteiger partial charge in [0.15, 0.2) is 0 Å². The van der Waals surface area contributed by atoms with Crippen LogP contribution in [0.5, 0.6) is 0 Å². The summed E-state index contributed by atoms with van der Waals surface area (Å²) in [6.07, 6.45) is 1.84. The maximum absolute atomic E-state index is 12.4. The second kappa shape index (κ2) is 7.75.